The minimum atomic E-state index is -3.55. The fourth-order valence-corrected chi connectivity index (χ4v) is 5.64. The molecule has 168 valence electrons. The number of aromatic nitrogens is 2. The van der Waals surface area contributed by atoms with Crippen LogP contribution in [-0.2, 0) is 15.4 Å². The third kappa shape index (κ3) is 4.43. The van der Waals surface area contributed by atoms with Gasteiger partial charge in [0.2, 0.25) is 10.0 Å². The fourth-order valence-electron chi connectivity index (χ4n) is 4.41. The van der Waals surface area contributed by atoms with Crippen LogP contribution in [-0.4, -0.2) is 24.2 Å². The van der Waals surface area contributed by atoms with Crippen LogP contribution in [0.25, 0.3) is 5.69 Å². The van der Waals surface area contributed by atoms with Gasteiger partial charge in [-0.05, 0) is 55.5 Å². The maximum absolute atomic E-state index is 12.7. The van der Waals surface area contributed by atoms with Gasteiger partial charge in [0.25, 0.3) is 0 Å². The van der Waals surface area contributed by atoms with E-state index in [0.717, 1.165) is 17.1 Å². The van der Waals surface area contributed by atoms with Gasteiger partial charge in [-0.25, -0.2) is 17.8 Å². The highest BCUT2D eigenvalue weighted by Crippen LogP contribution is 2.34. The van der Waals surface area contributed by atoms with Crippen LogP contribution in [0.3, 0.4) is 0 Å². The molecular formula is C26H31N3O2S. The number of sulfonamides is 1. The van der Waals surface area contributed by atoms with Crippen LogP contribution in [0.15, 0.2) is 71.6 Å². The molecule has 1 aliphatic rings. The topological polar surface area (TPSA) is 64.0 Å². The molecule has 0 amide bonds. The van der Waals surface area contributed by atoms with Crippen LogP contribution < -0.4 is 4.72 Å². The smallest absolute Gasteiger partial charge is 0.238 e. The lowest BCUT2D eigenvalue weighted by Crippen LogP contribution is -2.32. The summed E-state index contributed by atoms with van der Waals surface area (Å²) in [6, 6.07) is 16.8. The summed E-state index contributed by atoms with van der Waals surface area (Å²) >= 11 is 0. The fraction of sp³-hybridized carbons (Fsp3) is 0.346. The molecule has 2 aromatic carbocycles. The first-order valence-corrected chi connectivity index (χ1v) is 12.5. The first-order valence-electron chi connectivity index (χ1n) is 11.0. The summed E-state index contributed by atoms with van der Waals surface area (Å²) < 4.78 is 30.2. The first kappa shape index (κ1) is 22.5. The van der Waals surface area contributed by atoms with Gasteiger partial charge in [0.05, 0.1) is 16.3 Å². The zero-order chi connectivity index (χ0) is 23.1. The third-order valence-electron chi connectivity index (χ3n) is 6.14. The summed E-state index contributed by atoms with van der Waals surface area (Å²) in [6.07, 6.45) is 4.74. The average Bonchev–Trinajstić information content (AvgIpc) is 3.31. The molecule has 5 nitrogen and oxygen atoms in total. The van der Waals surface area contributed by atoms with Crippen molar-refractivity contribution in [3.8, 4) is 5.69 Å². The lowest BCUT2D eigenvalue weighted by molar-refractivity contribution is 0.563. The molecule has 0 spiro atoms. The molecule has 0 radical (unpaired) electrons. The van der Waals surface area contributed by atoms with Crippen molar-refractivity contribution in [3.05, 3.63) is 89.3 Å². The standard InChI is InChI=1S/C26H31N3O2S/c1-18-25(19(2)29(27-18)23-15-12-21(13-16-23)26(3,4)5)20-11-14-22(17-20)28-32(30,31)24-9-7-6-8-10-24/h6-16,20,22,28H,17H2,1-5H3. The van der Waals surface area contributed by atoms with Crippen molar-refractivity contribution in [1.82, 2.24) is 14.5 Å². The Labute approximate surface area is 191 Å². The van der Waals surface area contributed by atoms with Gasteiger partial charge in [-0.3, -0.25) is 0 Å². The second-order valence-corrected chi connectivity index (χ2v) is 11.3. The highest BCUT2D eigenvalue weighted by atomic mass is 32.2. The maximum Gasteiger partial charge on any atom is 0.241 e. The summed E-state index contributed by atoms with van der Waals surface area (Å²) in [7, 11) is -3.55. The molecule has 0 aliphatic heterocycles. The van der Waals surface area contributed by atoms with E-state index in [1.165, 1.54) is 11.1 Å². The van der Waals surface area contributed by atoms with Crippen molar-refractivity contribution in [3.63, 3.8) is 0 Å². The Morgan fingerprint density at radius 2 is 1.62 bits per heavy atom. The Kier molecular flexibility index (Phi) is 5.86. The zero-order valence-electron chi connectivity index (χ0n) is 19.3. The highest BCUT2D eigenvalue weighted by molar-refractivity contribution is 7.89. The monoisotopic (exact) mass is 449 g/mol. The Morgan fingerprint density at radius 1 is 0.969 bits per heavy atom. The molecule has 1 N–H and O–H groups in total. The molecule has 6 heteroatoms. The number of hydrogen-bond donors (Lipinski definition) is 1. The van der Waals surface area contributed by atoms with Gasteiger partial charge in [-0.2, -0.15) is 5.10 Å². The largest absolute Gasteiger partial charge is 0.241 e. The molecule has 0 saturated heterocycles. The number of hydrogen-bond acceptors (Lipinski definition) is 3. The van der Waals surface area contributed by atoms with Gasteiger partial charge in [0.15, 0.2) is 0 Å². The normalized spacial score (nSPS) is 18.9. The van der Waals surface area contributed by atoms with Crippen LogP contribution in [0.2, 0.25) is 0 Å². The molecule has 1 aliphatic carbocycles. The Bertz CT molecular complexity index is 1230. The Balaban J connectivity index is 1.53. The van der Waals surface area contributed by atoms with Crippen molar-refractivity contribution < 1.29 is 8.42 Å². The van der Waals surface area contributed by atoms with Gasteiger partial charge in [0, 0.05) is 23.2 Å². The first-order chi connectivity index (χ1) is 15.1. The number of aryl methyl sites for hydroxylation is 1. The van der Waals surface area contributed by atoms with E-state index in [4.69, 9.17) is 5.10 Å². The van der Waals surface area contributed by atoms with E-state index in [-0.39, 0.29) is 22.3 Å². The summed E-state index contributed by atoms with van der Waals surface area (Å²) in [6.45, 7) is 10.7. The number of allylic oxidation sites excluding steroid dienone is 1. The number of nitrogens with zero attached hydrogens (tertiary/aromatic N) is 2. The molecule has 32 heavy (non-hydrogen) atoms. The third-order valence-corrected chi connectivity index (χ3v) is 7.65. The lowest BCUT2D eigenvalue weighted by atomic mass is 9.87. The summed E-state index contributed by atoms with van der Waals surface area (Å²) in [5, 5.41) is 4.81. The van der Waals surface area contributed by atoms with Gasteiger partial charge in [0.1, 0.15) is 0 Å². The van der Waals surface area contributed by atoms with E-state index in [2.05, 4.69) is 62.8 Å². The number of rotatable bonds is 5. The summed E-state index contributed by atoms with van der Waals surface area (Å²) in [5.41, 5.74) is 5.66. The molecule has 0 fully saturated rings. The van der Waals surface area contributed by atoms with Crippen LogP contribution in [0.4, 0.5) is 0 Å². The average molecular weight is 450 g/mol. The van der Waals surface area contributed by atoms with Crippen LogP contribution in [0.1, 0.15) is 55.6 Å². The molecular weight excluding hydrogens is 418 g/mol. The van der Waals surface area contributed by atoms with Crippen molar-refractivity contribution in [2.45, 2.75) is 63.3 Å². The highest BCUT2D eigenvalue weighted by Gasteiger charge is 2.29. The van der Waals surface area contributed by atoms with Crippen molar-refractivity contribution in [2.75, 3.05) is 0 Å². The predicted molar refractivity (Wildman–Crippen MR) is 129 cm³/mol. The van der Waals surface area contributed by atoms with Gasteiger partial charge >= 0.3 is 0 Å². The number of benzene rings is 2. The van der Waals surface area contributed by atoms with Crippen LogP contribution in [0.5, 0.6) is 0 Å². The molecule has 3 aromatic rings. The SMILES string of the molecule is Cc1nn(-c2ccc(C(C)(C)C)cc2)c(C)c1C1C=CC(NS(=O)(=O)c2ccccc2)C1. The summed E-state index contributed by atoms with van der Waals surface area (Å²) in [4.78, 5) is 0.288. The molecule has 0 bridgehead atoms. The Morgan fingerprint density at radius 3 is 2.25 bits per heavy atom. The molecule has 4 rings (SSSR count). The molecule has 2 atom stereocenters. The van der Waals surface area contributed by atoms with Crippen LogP contribution in [0, 0.1) is 13.8 Å². The van der Waals surface area contributed by atoms with Gasteiger partial charge < -0.3 is 0 Å². The maximum atomic E-state index is 12.7. The van der Waals surface area contributed by atoms with Gasteiger partial charge in [-0.15, -0.1) is 0 Å². The van der Waals surface area contributed by atoms with Crippen LogP contribution >= 0.6 is 0 Å². The predicted octanol–water partition coefficient (Wildman–Crippen LogP) is 5.18. The van der Waals surface area contributed by atoms with Crippen molar-refractivity contribution in [1.29, 1.82) is 0 Å². The Hall–Kier alpha value is -2.70. The zero-order valence-corrected chi connectivity index (χ0v) is 20.1. The van der Waals surface area contributed by atoms with E-state index in [1.807, 2.05) is 23.7 Å². The van der Waals surface area contributed by atoms with E-state index in [9.17, 15) is 8.42 Å². The van der Waals surface area contributed by atoms with Gasteiger partial charge in [-0.1, -0.05) is 63.3 Å². The quantitative estimate of drug-likeness (QED) is 0.546. The van der Waals surface area contributed by atoms with Crippen molar-refractivity contribution >= 4 is 10.0 Å². The molecule has 1 aromatic heterocycles. The second kappa shape index (κ2) is 8.34. The summed E-state index contributed by atoms with van der Waals surface area (Å²) in [5.74, 6) is 0.126. The van der Waals surface area contributed by atoms with E-state index < -0.39 is 10.0 Å². The number of nitrogens with one attached hydrogen (secondary N) is 1. The molecule has 1 heterocycles. The van der Waals surface area contributed by atoms with E-state index in [1.54, 1.807) is 24.3 Å². The van der Waals surface area contributed by atoms with Crippen molar-refractivity contribution in [2.24, 2.45) is 0 Å². The minimum absolute atomic E-state index is 0.107. The second-order valence-electron chi connectivity index (χ2n) is 9.56. The van der Waals surface area contributed by atoms with E-state index in [0.29, 0.717) is 6.42 Å². The van der Waals surface area contributed by atoms with E-state index >= 15 is 0 Å². The molecule has 0 saturated carbocycles. The minimum Gasteiger partial charge on any atom is -0.238 e. The lowest BCUT2D eigenvalue weighted by Gasteiger charge is -2.19. The molecule has 2 unspecified atom stereocenters.